The van der Waals surface area contributed by atoms with Gasteiger partial charge in [-0.2, -0.15) is 0 Å². The van der Waals surface area contributed by atoms with E-state index in [2.05, 4.69) is 15.9 Å². The molecule has 58 valence electrons. The quantitative estimate of drug-likeness (QED) is 0.715. The fourth-order valence-electron chi connectivity index (χ4n) is 1.17. The molecule has 0 bridgehead atoms. The number of hydrogen-bond donors (Lipinski definition) is 1. The number of fused-ring (bicyclic) bond motifs is 1. The second-order valence-electron chi connectivity index (χ2n) is 2.51. The number of ether oxygens (including phenoxy) is 1. The van der Waals surface area contributed by atoms with E-state index in [0.717, 1.165) is 15.8 Å². The van der Waals surface area contributed by atoms with Crippen molar-refractivity contribution in [3.63, 3.8) is 0 Å². The number of aliphatic hydroxyl groups excluding tert-OH is 1. The van der Waals surface area contributed by atoms with Crippen LogP contribution in [0.2, 0.25) is 0 Å². The first-order valence-electron chi connectivity index (χ1n) is 3.37. The molecule has 0 aromatic heterocycles. The van der Waals surface area contributed by atoms with Gasteiger partial charge in [0.1, 0.15) is 18.5 Å². The zero-order valence-electron chi connectivity index (χ0n) is 5.75. The molecule has 2 nitrogen and oxygen atoms in total. The molecule has 1 aromatic rings. The van der Waals surface area contributed by atoms with Gasteiger partial charge in [0.2, 0.25) is 0 Å². The van der Waals surface area contributed by atoms with Crippen LogP contribution in [0.5, 0.6) is 5.75 Å². The van der Waals surface area contributed by atoms with Gasteiger partial charge in [0.05, 0.1) is 0 Å². The lowest BCUT2D eigenvalue weighted by Crippen LogP contribution is -1.97. The van der Waals surface area contributed by atoms with Gasteiger partial charge in [-0.3, -0.25) is 0 Å². The van der Waals surface area contributed by atoms with Crippen molar-refractivity contribution in [1.29, 1.82) is 0 Å². The van der Waals surface area contributed by atoms with E-state index in [1.807, 2.05) is 18.2 Å². The van der Waals surface area contributed by atoms with Gasteiger partial charge in [-0.15, -0.1) is 0 Å². The highest BCUT2D eigenvalue weighted by atomic mass is 79.9. The van der Waals surface area contributed by atoms with Gasteiger partial charge in [-0.25, -0.2) is 0 Å². The third kappa shape index (κ3) is 1.14. The predicted octanol–water partition coefficient (Wildman–Crippen LogP) is 1.87. The smallest absolute Gasteiger partial charge is 0.126 e. The van der Waals surface area contributed by atoms with Crippen molar-refractivity contribution >= 4 is 15.9 Å². The van der Waals surface area contributed by atoms with Crippen molar-refractivity contribution in [2.75, 3.05) is 6.61 Å². The van der Waals surface area contributed by atoms with E-state index in [1.165, 1.54) is 0 Å². The number of halogens is 1. The second kappa shape index (κ2) is 2.50. The summed E-state index contributed by atoms with van der Waals surface area (Å²) in [6, 6.07) is 5.64. The number of benzene rings is 1. The highest BCUT2D eigenvalue weighted by Gasteiger charge is 2.21. The first kappa shape index (κ1) is 7.13. The molecule has 1 aliphatic heterocycles. The first-order chi connectivity index (χ1) is 5.27. The molecule has 0 unspecified atom stereocenters. The van der Waals surface area contributed by atoms with Crippen molar-refractivity contribution in [1.82, 2.24) is 0 Å². The van der Waals surface area contributed by atoms with Crippen LogP contribution in [0.1, 0.15) is 11.7 Å². The van der Waals surface area contributed by atoms with Gasteiger partial charge in [0.15, 0.2) is 0 Å². The molecule has 3 heteroatoms. The second-order valence-corrected chi connectivity index (χ2v) is 3.42. The molecule has 1 atom stereocenters. The van der Waals surface area contributed by atoms with E-state index < -0.39 is 6.10 Å². The van der Waals surface area contributed by atoms with Gasteiger partial charge < -0.3 is 9.84 Å². The Hall–Kier alpha value is -0.540. The lowest BCUT2D eigenvalue weighted by Gasteiger charge is -1.98. The average molecular weight is 215 g/mol. The SMILES string of the molecule is O[C@@H]1COc2cc(Br)ccc21. The van der Waals surface area contributed by atoms with Gasteiger partial charge in [-0.05, 0) is 12.1 Å². The van der Waals surface area contributed by atoms with E-state index in [4.69, 9.17) is 4.74 Å². The molecular weight excluding hydrogens is 208 g/mol. The van der Waals surface area contributed by atoms with Crippen LogP contribution in [-0.4, -0.2) is 11.7 Å². The molecule has 1 aliphatic rings. The fraction of sp³-hybridized carbons (Fsp3) is 0.250. The average Bonchev–Trinajstić information content (AvgIpc) is 2.32. The fourth-order valence-corrected chi connectivity index (χ4v) is 1.51. The summed E-state index contributed by atoms with van der Waals surface area (Å²) in [6.45, 7) is 0.381. The predicted molar refractivity (Wildman–Crippen MR) is 44.6 cm³/mol. The van der Waals surface area contributed by atoms with Crippen molar-refractivity contribution in [3.8, 4) is 5.75 Å². The summed E-state index contributed by atoms with van der Waals surface area (Å²) in [6.07, 6.45) is -0.446. The molecule has 0 saturated carbocycles. The lowest BCUT2D eigenvalue weighted by atomic mass is 10.1. The maximum Gasteiger partial charge on any atom is 0.126 e. The van der Waals surface area contributed by atoms with Crippen LogP contribution in [0.4, 0.5) is 0 Å². The number of aliphatic hydroxyl groups is 1. The molecule has 1 aromatic carbocycles. The third-order valence-electron chi connectivity index (χ3n) is 1.73. The molecule has 0 aliphatic carbocycles. The molecule has 0 saturated heterocycles. The van der Waals surface area contributed by atoms with Gasteiger partial charge in [0, 0.05) is 10.0 Å². The summed E-state index contributed by atoms with van der Waals surface area (Å²) in [5.74, 6) is 0.784. The monoisotopic (exact) mass is 214 g/mol. The summed E-state index contributed by atoms with van der Waals surface area (Å²) in [5.41, 5.74) is 0.883. The summed E-state index contributed by atoms with van der Waals surface area (Å²) in [4.78, 5) is 0. The number of rotatable bonds is 0. The summed E-state index contributed by atoms with van der Waals surface area (Å²) >= 11 is 3.32. The maximum atomic E-state index is 9.33. The molecule has 1 N–H and O–H groups in total. The van der Waals surface area contributed by atoms with Crippen molar-refractivity contribution < 1.29 is 9.84 Å². The topological polar surface area (TPSA) is 29.5 Å². The maximum absolute atomic E-state index is 9.33. The summed E-state index contributed by atoms with van der Waals surface area (Å²) in [7, 11) is 0. The van der Waals surface area contributed by atoms with Crippen molar-refractivity contribution in [3.05, 3.63) is 28.2 Å². The molecule has 1 heterocycles. The van der Waals surface area contributed by atoms with Crippen LogP contribution in [0.3, 0.4) is 0 Å². The molecule has 0 radical (unpaired) electrons. The van der Waals surface area contributed by atoms with Crippen LogP contribution in [0.25, 0.3) is 0 Å². The minimum Gasteiger partial charge on any atom is -0.490 e. The van der Waals surface area contributed by atoms with E-state index in [-0.39, 0.29) is 0 Å². The first-order valence-corrected chi connectivity index (χ1v) is 4.17. The van der Waals surface area contributed by atoms with E-state index in [0.29, 0.717) is 6.61 Å². The largest absolute Gasteiger partial charge is 0.490 e. The Balaban J connectivity index is 2.50. The van der Waals surface area contributed by atoms with E-state index >= 15 is 0 Å². The van der Waals surface area contributed by atoms with Crippen LogP contribution in [0, 0.1) is 0 Å². The Morgan fingerprint density at radius 3 is 3.18 bits per heavy atom. The minimum absolute atomic E-state index is 0.381. The number of hydrogen-bond acceptors (Lipinski definition) is 2. The highest BCUT2D eigenvalue weighted by Crippen LogP contribution is 2.33. The molecule has 0 spiro atoms. The highest BCUT2D eigenvalue weighted by molar-refractivity contribution is 9.10. The minimum atomic E-state index is -0.446. The van der Waals surface area contributed by atoms with Crippen molar-refractivity contribution in [2.24, 2.45) is 0 Å². The van der Waals surface area contributed by atoms with E-state index in [9.17, 15) is 5.11 Å². The Morgan fingerprint density at radius 2 is 2.36 bits per heavy atom. The molecule has 0 fully saturated rings. The Morgan fingerprint density at radius 1 is 1.55 bits per heavy atom. The van der Waals surface area contributed by atoms with Gasteiger partial charge in [-0.1, -0.05) is 22.0 Å². The summed E-state index contributed by atoms with van der Waals surface area (Å²) in [5, 5.41) is 9.33. The normalized spacial score (nSPS) is 21.1. The van der Waals surface area contributed by atoms with Gasteiger partial charge >= 0.3 is 0 Å². The van der Waals surface area contributed by atoms with Gasteiger partial charge in [0.25, 0.3) is 0 Å². The standard InChI is InChI=1S/C8H7BrO2/c9-5-1-2-6-7(10)4-11-8(6)3-5/h1-3,7,10H,4H2/t7-/m1/s1. The molecule has 0 amide bonds. The molecule has 2 rings (SSSR count). The van der Waals surface area contributed by atoms with Crippen LogP contribution in [-0.2, 0) is 0 Å². The van der Waals surface area contributed by atoms with Crippen LogP contribution >= 0.6 is 15.9 Å². The Kier molecular flexibility index (Phi) is 1.62. The molecular formula is C8H7BrO2. The zero-order chi connectivity index (χ0) is 7.84. The summed E-state index contributed by atoms with van der Waals surface area (Å²) < 4.78 is 6.19. The van der Waals surface area contributed by atoms with Crippen LogP contribution < -0.4 is 4.74 Å². The Bertz CT molecular complexity index is 285. The molecule has 11 heavy (non-hydrogen) atoms. The van der Waals surface area contributed by atoms with E-state index in [1.54, 1.807) is 0 Å². The third-order valence-corrected chi connectivity index (χ3v) is 2.22. The lowest BCUT2D eigenvalue weighted by molar-refractivity contribution is 0.140. The zero-order valence-corrected chi connectivity index (χ0v) is 7.34. The van der Waals surface area contributed by atoms with Crippen LogP contribution in [0.15, 0.2) is 22.7 Å². The van der Waals surface area contributed by atoms with Crippen molar-refractivity contribution in [2.45, 2.75) is 6.10 Å². The Labute approximate surface area is 72.9 Å².